The van der Waals surface area contributed by atoms with Crippen molar-refractivity contribution in [3.63, 3.8) is 0 Å². The van der Waals surface area contributed by atoms with E-state index in [0.717, 1.165) is 41.4 Å². The van der Waals surface area contributed by atoms with Crippen LogP contribution in [0.3, 0.4) is 0 Å². The van der Waals surface area contributed by atoms with Crippen LogP contribution in [0.1, 0.15) is 29.5 Å². The van der Waals surface area contributed by atoms with Crippen molar-refractivity contribution in [3.05, 3.63) is 59.2 Å². The Kier molecular flexibility index (Phi) is 4.84. The Balaban J connectivity index is 1.67. The zero-order chi connectivity index (χ0) is 18.8. The molecule has 0 amide bonds. The normalized spacial score (nSPS) is 20.6. The molecule has 0 bridgehead atoms. The highest BCUT2D eigenvalue weighted by atomic mass is 16.5. The molecule has 0 fully saturated rings. The van der Waals surface area contributed by atoms with Crippen LogP contribution in [0.5, 0.6) is 11.5 Å². The predicted molar refractivity (Wildman–Crippen MR) is 103 cm³/mol. The van der Waals surface area contributed by atoms with E-state index in [1.165, 1.54) is 5.56 Å². The van der Waals surface area contributed by atoms with Crippen LogP contribution in [0, 0.1) is 5.92 Å². The molecule has 0 N–H and O–H groups in total. The van der Waals surface area contributed by atoms with Gasteiger partial charge >= 0.3 is 5.97 Å². The van der Waals surface area contributed by atoms with Crippen molar-refractivity contribution >= 4 is 11.7 Å². The van der Waals surface area contributed by atoms with Gasteiger partial charge in [-0.1, -0.05) is 12.1 Å². The molecule has 0 spiro atoms. The van der Waals surface area contributed by atoms with Crippen molar-refractivity contribution in [2.45, 2.75) is 19.3 Å². The number of hydrogen-bond donors (Lipinski definition) is 0. The zero-order valence-corrected chi connectivity index (χ0v) is 15.6. The molecule has 5 heteroatoms. The summed E-state index contributed by atoms with van der Waals surface area (Å²) in [6.07, 6.45) is 0.909. The molecule has 0 saturated heterocycles. The molecular formula is C22H23NO4. The first-order chi connectivity index (χ1) is 13.2. The van der Waals surface area contributed by atoms with Gasteiger partial charge in [-0.25, -0.2) is 0 Å². The van der Waals surface area contributed by atoms with E-state index in [1.807, 2.05) is 43.3 Å². The average molecular weight is 365 g/mol. The third-order valence-electron chi connectivity index (χ3n) is 5.22. The molecule has 4 rings (SSSR count). The molecule has 2 unspecified atom stereocenters. The molecule has 2 heterocycles. The fourth-order valence-corrected chi connectivity index (χ4v) is 3.87. The Morgan fingerprint density at radius 2 is 2.04 bits per heavy atom. The molecule has 2 aromatic carbocycles. The maximum atomic E-state index is 12.8. The van der Waals surface area contributed by atoms with E-state index in [1.54, 1.807) is 7.11 Å². The van der Waals surface area contributed by atoms with Gasteiger partial charge in [-0.2, -0.15) is 0 Å². The number of benzene rings is 2. The number of ether oxygens (including phenoxy) is 3. The number of rotatable bonds is 5. The topological polar surface area (TPSA) is 57.1 Å². The van der Waals surface area contributed by atoms with Crippen molar-refractivity contribution in [3.8, 4) is 11.5 Å². The lowest BCUT2D eigenvalue weighted by Gasteiger charge is -2.21. The molecule has 0 radical (unpaired) electrons. The van der Waals surface area contributed by atoms with E-state index in [-0.39, 0.29) is 11.9 Å². The van der Waals surface area contributed by atoms with Gasteiger partial charge < -0.3 is 14.2 Å². The monoisotopic (exact) mass is 365 g/mol. The highest BCUT2D eigenvalue weighted by Gasteiger charge is 2.40. The molecule has 2 atom stereocenters. The number of nitrogens with zero attached hydrogens (tertiary/aromatic N) is 1. The molecular weight excluding hydrogens is 342 g/mol. The molecule has 0 saturated carbocycles. The summed E-state index contributed by atoms with van der Waals surface area (Å²) in [7, 11) is 1.64. The number of hydrogen-bond acceptors (Lipinski definition) is 5. The predicted octanol–water partition coefficient (Wildman–Crippen LogP) is 3.40. The van der Waals surface area contributed by atoms with Crippen molar-refractivity contribution in [2.75, 3.05) is 26.9 Å². The second-order valence-electron chi connectivity index (χ2n) is 6.76. The second kappa shape index (κ2) is 7.43. The summed E-state index contributed by atoms with van der Waals surface area (Å²) < 4.78 is 16.2. The van der Waals surface area contributed by atoms with Gasteiger partial charge in [0, 0.05) is 18.9 Å². The van der Waals surface area contributed by atoms with Gasteiger partial charge in [0.2, 0.25) is 0 Å². The Hall–Kier alpha value is -2.82. The fraction of sp³-hybridized carbons (Fsp3) is 0.364. The molecule has 2 aliphatic rings. The fourth-order valence-electron chi connectivity index (χ4n) is 3.87. The number of carbonyl (C=O) groups excluding carboxylic acids is 1. The van der Waals surface area contributed by atoms with Gasteiger partial charge in [-0.15, -0.1) is 0 Å². The third-order valence-corrected chi connectivity index (χ3v) is 5.22. The Morgan fingerprint density at radius 3 is 2.78 bits per heavy atom. The maximum Gasteiger partial charge on any atom is 0.315 e. The zero-order valence-electron chi connectivity index (χ0n) is 15.6. The van der Waals surface area contributed by atoms with Crippen molar-refractivity contribution in [1.82, 2.24) is 0 Å². The van der Waals surface area contributed by atoms with Crippen LogP contribution in [0.25, 0.3) is 0 Å². The highest BCUT2D eigenvalue weighted by molar-refractivity contribution is 6.13. The Morgan fingerprint density at radius 1 is 1.22 bits per heavy atom. The summed E-state index contributed by atoms with van der Waals surface area (Å²) in [6, 6.07) is 13.9. The average Bonchev–Trinajstić information content (AvgIpc) is 3.34. The van der Waals surface area contributed by atoms with Crippen LogP contribution in [0.2, 0.25) is 0 Å². The number of fused-ring (bicyclic) bond motifs is 1. The van der Waals surface area contributed by atoms with Gasteiger partial charge in [-0.05, 0) is 53.9 Å². The standard InChI is InChI=1S/C22H23NO4/c1-3-26-22(24)20-18(15-6-9-19-16(12-15)10-11-27-19)13-23-21(20)14-4-7-17(25-2)8-5-14/h4-9,12,18,20H,3,10-11,13H2,1-2H3. The minimum Gasteiger partial charge on any atom is -0.497 e. The highest BCUT2D eigenvalue weighted by Crippen LogP contribution is 2.37. The maximum absolute atomic E-state index is 12.8. The van der Waals surface area contributed by atoms with Gasteiger partial charge in [0.25, 0.3) is 0 Å². The van der Waals surface area contributed by atoms with E-state index in [4.69, 9.17) is 19.2 Å². The molecule has 0 aliphatic carbocycles. The first-order valence-electron chi connectivity index (χ1n) is 9.32. The Labute approximate surface area is 159 Å². The molecule has 2 aromatic rings. The summed E-state index contributed by atoms with van der Waals surface area (Å²) in [5.41, 5.74) is 4.04. The van der Waals surface area contributed by atoms with Crippen LogP contribution < -0.4 is 9.47 Å². The van der Waals surface area contributed by atoms with E-state index >= 15 is 0 Å². The SMILES string of the molecule is CCOC(=O)C1C(c2ccc(OC)cc2)=NCC1c1ccc2c(c1)CCO2. The lowest BCUT2D eigenvalue weighted by Crippen LogP contribution is -2.29. The van der Waals surface area contributed by atoms with Gasteiger partial charge in [-0.3, -0.25) is 9.79 Å². The van der Waals surface area contributed by atoms with E-state index < -0.39 is 5.92 Å². The second-order valence-corrected chi connectivity index (χ2v) is 6.76. The third kappa shape index (κ3) is 3.29. The molecule has 5 nitrogen and oxygen atoms in total. The van der Waals surface area contributed by atoms with Gasteiger partial charge in [0.05, 0.1) is 26.0 Å². The molecule has 27 heavy (non-hydrogen) atoms. The smallest absolute Gasteiger partial charge is 0.315 e. The lowest BCUT2D eigenvalue weighted by atomic mass is 9.82. The summed E-state index contributed by atoms with van der Waals surface area (Å²) in [5.74, 6) is 1.08. The largest absolute Gasteiger partial charge is 0.497 e. The Bertz CT molecular complexity index is 872. The molecule has 140 valence electrons. The van der Waals surface area contributed by atoms with Gasteiger partial charge in [0.1, 0.15) is 17.4 Å². The quantitative estimate of drug-likeness (QED) is 0.762. The van der Waals surface area contributed by atoms with Crippen LogP contribution in [-0.2, 0) is 16.0 Å². The van der Waals surface area contributed by atoms with Crippen LogP contribution >= 0.6 is 0 Å². The first-order valence-corrected chi connectivity index (χ1v) is 9.32. The minimum absolute atomic E-state index is 0.0212. The molecule has 0 aromatic heterocycles. The number of aliphatic imine (C=N–C) groups is 1. The van der Waals surface area contributed by atoms with Crippen molar-refractivity contribution in [1.29, 1.82) is 0 Å². The van der Waals surface area contributed by atoms with E-state index in [0.29, 0.717) is 13.2 Å². The summed E-state index contributed by atoms with van der Waals surface area (Å²) in [6.45, 7) is 3.48. The summed E-state index contributed by atoms with van der Waals surface area (Å²) in [5, 5.41) is 0. The van der Waals surface area contributed by atoms with Crippen LogP contribution in [-0.4, -0.2) is 38.5 Å². The van der Waals surface area contributed by atoms with E-state index in [9.17, 15) is 4.79 Å². The van der Waals surface area contributed by atoms with Gasteiger partial charge in [0.15, 0.2) is 0 Å². The van der Waals surface area contributed by atoms with Crippen LogP contribution in [0.15, 0.2) is 47.5 Å². The van der Waals surface area contributed by atoms with Crippen LogP contribution in [0.4, 0.5) is 0 Å². The first kappa shape index (κ1) is 17.6. The van der Waals surface area contributed by atoms with E-state index in [2.05, 4.69) is 6.07 Å². The molecule has 2 aliphatic heterocycles. The summed E-state index contributed by atoms with van der Waals surface area (Å²) in [4.78, 5) is 17.6. The summed E-state index contributed by atoms with van der Waals surface area (Å²) >= 11 is 0. The van der Waals surface area contributed by atoms with Crippen molar-refractivity contribution in [2.24, 2.45) is 10.9 Å². The lowest BCUT2D eigenvalue weighted by molar-refractivity contribution is -0.145. The minimum atomic E-state index is -0.404. The number of carbonyl (C=O) groups is 1. The number of methoxy groups -OCH3 is 1. The number of esters is 1. The van der Waals surface area contributed by atoms with Crippen molar-refractivity contribution < 1.29 is 19.0 Å².